The summed E-state index contributed by atoms with van der Waals surface area (Å²) in [5.74, 6) is 0.119. The first-order valence-corrected chi connectivity index (χ1v) is 8.95. The minimum atomic E-state index is -3.00. The van der Waals surface area contributed by atoms with Gasteiger partial charge in [0.2, 0.25) is 5.91 Å². The van der Waals surface area contributed by atoms with Crippen molar-refractivity contribution in [3.8, 4) is 0 Å². The molecule has 0 aromatic carbocycles. The summed E-state index contributed by atoms with van der Waals surface area (Å²) in [6.07, 6.45) is 4.38. The third-order valence-electron chi connectivity index (χ3n) is 4.38. The second-order valence-corrected chi connectivity index (χ2v) is 8.08. The smallest absolute Gasteiger partial charge is 0.227 e. The molecule has 1 aliphatic carbocycles. The fourth-order valence-corrected chi connectivity index (χ4v) is 4.02. The molecule has 0 radical (unpaired) electrons. The average Bonchev–Trinajstić information content (AvgIpc) is 3.07. The Bertz CT molecular complexity index is 415. The Morgan fingerprint density at radius 2 is 1.84 bits per heavy atom. The van der Waals surface area contributed by atoms with Crippen LogP contribution in [0.25, 0.3) is 0 Å². The average molecular weight is 290 g/mol. The highest BCUT2D eigenvalue weighted by Crippen LogP contribution is 2.46. The van der Waals surface area contributed by atoms with Gasteiger partial charge in [0.1, 0.15) is 9.84 Å². The highest BCUT2D eigenvalue weighted by molar-refractivity contribution is 7.90. The van der Waals surface area contributed by atoms with E-state index in [1.54, 1.807) is 0 Å². The lowest BCUT2D eigenvalue weighted by atomic mass is 9.81. The summed E-state index contributed by atoms with van der Waals surface area (Å²) in [6.45, 7) is 4.68. The van der Waals surface area contributed by atoms with Gasteiger partial charge in [-0.25, -0.2) is 8.42 Å². The first-order valence-electron chi connectivity index (χ1n) is 6.89. The molecule has 6 heteroatoms. The zero-order chi connectivity index (χ0) is 14.7. The highest BCUT2D eigenvalue weighted by Gasteiger charge is 2.46. The van der Waals surface area contributed by atoms with E-state index < -0.39 is 15.3 Å². The van der Waals surface area contributed by atoms with Crippen LogP contribution in [0.1, 0.15) is 39.5 Å². The van der Waals surface area contributed by atoms with Crippen LogP contribution >= 0.6 is 0 Å². The molecule has 0 bridgehead atoms. The molecule has 19 heavy (non-hydrogen) atoms. The molecular formula is C13H26N2O3S. The maximum absolute atomic E-state index is 12.3. The van der Waals surface area contributed by atoms with Gasteiger partial charge in [0, 0.05) is 24.8 Å². The summed E-state index contributed by atoms with van der Waals surface area (Å²) < 4.78 is 22.7. The lowest BCUT2D eigenvalue weighted by Crippen LogP contribution is -2.47. The highest BCUT2D eigenvalue weighted by atomic mass is 32.2. The molecule has 0 aliphatic heterocycles. The standard InChI is InChI=1S/C13H26N2O3S/c1-4-13(5-2,8-14)11(16)15-9-12(6-7-12)10-19(3,17)18/h4-10,14H2,1-3H3,(H,15,16). The molecule has 0 aromatic rings. The van der Waals surface area contributed by atoms with Crippen molar-refractivity contribution in [1.29, 1.82) is 0 Å². The summed E-state index contributed by atoms with van der Waals surface area (Å²) in [6, 6.07) is 0. The molecule has 1 rings (SSSR count). The number of rotatable bonds is 8. The first-order chi connectivity index (χ1) is 8.72. The van der Waals surface area contributed by atoms with Crippen LogP contribution in [0.3, 0.4) is 0 Å². The maximum Gasteiger partial charge on any atom is 0.227 e. The molecule has 0 heterocycles. The summed E-state index contributed by atoms with van der Waals surface area (Å²) in [4.78, 5) is 12.3. The number of carbonyl (C=O) groups excluding carboxylic acids is 1. The fourth-order valence-electron chi connectivity index (χ4n) is 2.51. The second kappa shape index (κ2) is 5.79. The monoisotopic (exact) mass is 290 g/mol. The van der Waals surface area contributed by atoms with Crippen LogP contribution in [0, 0.1) is 10.8 Å². The van der Waals surface area contributed by atoms with Crippen LogP contribution in [0.15, 0.2) is 0 Å². The van der Waals surface area contributed by atoms with E-state index in [1.165, 1.54) is 6.26 Å². The van der Waals surface area contributed by atoms with Gasteiger partial charge in [-0.05, 0) is 25.7 Å². The third kappa shape index (κ3) is 4.18. The Hall–Kier alpha value is -0.620. The SMILES string of the molecule is CCC(CC)(CN)C(=O)NCC1(CS(C)(=O)=O)CC1. The molecule has 1 amide bonds. The minimum Gasteiger partial charge on any atom is -0.355 e. The van der Waals surface area contributed by atoms with Crippen LogP contribution in [-0.4, -0.2) is 39.4 Å². The van der Waals surface area contributed by atoms with Crippen LogP contribution < -0.4 is 11.1 Å². The Morgan fingerprint density at radius 1 is 1.32 bits per heavy atom. The molecule has 1 aliphatic rings. The van der Waals surface area contributed by atoms with Crippen molar-refractivity contribution in [2.45, 2.75) is 39.5 Å². The quantitative estimate of drug-likeness (QED) is 0.688. The van der Waals surface area contributed by atoms with Gasteiger partial charge >= 0.3 is 0 Å². The van der Waals surface area contributed by atoms with E-state index in [-0.39, 0.29) is 17.1 Å². The molecule has 0 aromatic heterocycles. The Labute approximate surface area is 116 Å². The van der Waals surface area contributed by atoms with E-state index in [0.29, 0.717) is 25.9 Å². The lowest BCUT2D eigenvalue weighted by Gasteiger charge is -2.29. The van der Waals surface area contributed by atoms with Crippen molar-refractivity contribution >= 4 is 15.7 Å². The van der Waals surface area contributed by atoms with E-state index >= 15 is 0 Å². The summed E-state index contributed by atoms with van der Waals surface area (Å²) in [5, 5.41) is 2.92. The van der Waals surface area contributed by atoms with E-state index in [2.05, 4.69) is 5.32 Å². The van der Waals surface area contributed by atoms with Gasteiger partial charge in [-0.1, -0.05) is 13.8 Å². The molecule has 112 valence electrons. The minimum absolute atomic E-state index is 0.0419. The summed E-state index contributed by atoms with van der Waals surface area (Å²) in [7, 11) is -3.00. The molecule has 1 saturated carbocycles. The van der Waals surface area contributed by atoms with Crippen LogP contribution in [-0.2, 0) is 14.6 Å². The van der Waals surface area contributed by atoms with E-state index in [0.717, 1.165) is 12.8 Å². The first kappa shape index (κ1) is 16.4. The second-order valence-electron chi connectivity index (χ2n) is 5.94. The Morgan fingerprint density at radius 3 is 2.16 bits per heavy atom. The van der Waals surface area contributed by atoms with Gasteiger partial charge in [0.05, 0.1) is 11.2 Å². The van der Waals surface area contributed by atoms with E-state index in [9.17, 15) is 13.2 Å². The predicted octanol–water partition coefficient (Wildman–Crippen LogP) is 0.693. The predicted molar refractivity (Wildman–Crippen MR) is 76.5 cm³/mol. The zero-order valence-electron chi connectivity index (χ0n) is 12.2. The normalized spacial score (nSPS) is 18.1. The topological polar surface area (TPSA) is 89.3 Å². The van der Waals surface area contributed by atoms with Gasteiger partial charge in [0.15, 0.2) is 0 Å². The van der Waals surface area contributed by atoms with Crippen molar-refractivity contribution in [3.63, 3.8) is 0 Å². The third-order valence-corrected chi connectivity index (χ3v) is 5.51. The van der Waals surface area contributed by atoms with Crippen molar-refractivity contribution in [2.24, 2.45) is 16.6 Å². The number of amides is 1. The largest absolute Gasteiger partial charge is 0.355 e. The molecule has 0 unspecified atom stereocenters. The number of hydrogen-bond acceptors (Lipinski definition) is 4. The molecule has 0 atom stereocenters. The van der Waals surface area contributed by atoms with Crippen molar-refractivity contribution < 1.29 is 13.2 Å². The number of carbonyl (C=O) groups is 1. The van der Waals surface area contributed by atoms with Gasteiger partial charge in [-0.2, -0.15) is 0 Å². The Balaban J connectivity index is 2.60. The van der Waals surface area contributed by atoms with Crippen molar-refractivity contribution in [3.05, 3.63) is 0 Å². The van der Waals surface area contributed by atoms with Crippen LogP contribution in [0.5, 0.6) is 0 Å². The van der Waals surface area contributed by atoms with Crippen LogP contribution in [0.2, 0.25) is 0 Å². The zero-order valence-corrected chi connectivity index (χ0v) is 13.0. The van der Waals surface area contributed by atoms with E-state index in [4.69, 9.17) is 5.73 Å². The Kier molecular flexibility index (Phi) is 5.01. The van der Waals surface area contributed by atoms with E-state index in [1.807, 2.05) is 13.8 Å². The molecule has 1 fully saturated rings. The summed E-state index contributed by atoms with van der Waals surface area (Å²) >= 11 is 0. The molecule has 0 saturated heterocycles. The van der Waals surface area contributed by atoms with Crippen LogP contribution in [0.4, 0.5) is 0 Å². The molecular weight excluding hydrogens is 264 g/mol. The number of sulfone groups is 1. The molecule has 3 N–H and O–H groups in total. The molecule has 5 nitrogen and oxygen atoms in total. The van der Waals surface area contributed by atoms with Crippen molar-refractivity contribution in [2.75, 3.05) is 25.1 Å². The van der Waals surface area contributed by atoms with Gasteiger partial charge in [-0.3, -0.25) is 4.79 Å². The number of hydrogen-bond donors (Lipinski definition) is 2. The van der Waals surface area contributed by atoms with Gasteiger partial charge < -0.3 is 11.1 Å². The van der Waals surface area contributed by atoms with Crippen molar-refractivity contribution in [1.82, 2.24) is 5.32 Å². The van der Waals surface area contributed by atoms with Gasteiger partial charge in [0.25, 0.3) is 0 Å². The number of nitrogens with two attached hydrogens (primary N) is 1. The fraction of sp³-hybridized carbons (Fsp3) is 0.923. The maximum atomic E-state index is 12.3. The number of nitrogens with one attached hydrogen (secondary N) is 1. The lowest BCUT2D eigenvalue weighted by molar-refractivity contribution is -0.131. The molecule has 0 spiro atoms. The summed E-state index contributed by atoms with van der Waals surface area (Å²) in [5.41, 5.74) is 4.99. The van der Waals surface area contributed by atoms with Gasteiger partial charge in [-0.15, -0.1) is 0 Å².